The number of carbonyl (C=O) groups excluding carboxylic acids is 1. The van der Waals surface area contributed by atoms with Crippen LogP contribution in [0.5, 0.6) is 17.2 Å². The Balaban J connectivity index is 2.12. The van der Waals surface area contributed by atoms with Crippen molar-refractivity contribution in [3.8, 4) is 17.2 Å². The largest absolute Gasteiger partial charge is 0.493 e. The third kappa shape index (κ3) is 12.0. The van der Waals surface area contributed by atoms with Gasteiger partial charge in [-0.2, -0.15) is 5.10 Å². The molecule has 1 N–H and O–H groups in total. The Kier molecular flexibility index (Phi) is 15.9. The van der Waals surface area contributed by atoms with Gasteiger partial charge < -0.3 is 14.2 Å². The second kappa shape index (κ2) is 18.3. The first-order valence-electron chi connectivity index (χ1n) is 12.3. The van der Waals surface area contributed by atoms with Crippen molar-refractivity contribution in [2.45, 2.75) is 96.8 Å². The molecule has 1 aromatic carbocycles. The van der Waals surface area contributed by atoms with Gasteiger partial charge in [0.2, 0.25) is 11.7 Å². The van der Waals surface area contributed by atoms with Gasteiger partial charge in [-0.3, -0.25) is 4.79 Å². The molecule has 6 nitrogen and oxygen atoms in total. The Morgan fingerprint density at radius 1 is 0.781 bits per heavy atom. The van der Waals surface area contributed by atoms with Crippen molar-refractivity contribution in [2.75, 3.05) is 21.3 Å². The highest BCUT2D eigenvalue weighted by atomic mass is 16.5. The van der Waals surface area contributed by atoms with Crippen molar-refractivity contribution >= 4 is 12.1 Å². The Bertz CT molecular complexity index is 636. The number of hydrogen-bond donors (Lipinski definition) is 1. The maximum atomic E-state index is 12.0. The Hall–Kier alpha value is -2.24. The molecule has 6 heteroatoms. The Labute approximate surface area is 195 Å². The van der Waals surface area contributed by atoms with Crippen LogP contribution < -0.4 is 19.6 Å². The van der Waals surface area contributed by atoms with E-state index in [9.17, 15) is 4.79 Å². The molecule has 0 unspecified atom stereocenters. The molecular formula is C26H44N2O4. The van der Waals surface area contributed by atoms with Crippen LogP contribution >= 0.6 is 0 Å². The number of nitrogens with zero attached hydrogens (tertiary/aromatic N) is 1. The maximum absolute atomic E-state index is 12.0. The lowest BCUT2D eigenvalue weighted by molar-refractivity contribution is -0.121. The zero-order chi connectivity index (χ0) is 23.4. The summed E-state index contributed by atoms with van der Waals surface area (Å²) in [7, 11) is 4.69. The highest BCUT2D eigenvalue weighted by Gasteiger charge is 2.12. The molecule has 0 spiro atoms. The molecule has 0 heterocycles. The summed E-state index contributed by atoms with van der Waals surface area (Å²) in [6.07, 6.45) is 18.9. The van der Waals surface area contributed by atoms with Gasteiger partial charge in [0, 0.05) is 12.0 Å². The van der Waals surface area contributed by atoms with Crippen molar-refractivity contribution in [3.63, 3.8) is 0 Å². The molecule has 0 aromatic heterocycles. The second-order valence-corrected chi connectivity index (χ2v) is 8.24. The number of hydrogen-bond acceptors (Lipinski definition) is 5. The van der Waals surface area contributed by atoms with E-state index < -0.39 is 0 Å². The van der Waals surface area contributed by atoms with E-state index in [2.05, 4.69) is 17.5 Å². The van der Waals surface area contributed by atoms with Gasteiger partial charge in [-0.1, -0.05) is 84.0 Å². The summed E-state index contributed by atoms with van der Waals surface area (Å²) in [4.78, 5) is 12.0. The van der Waals surface area contributed by atoms with Gasteiger partial charge in [-0.25, -0.2) is 5.43 Å². The first-order chi connectivity index (χ1) is 15.7. The summed E-state index contributed by atoms with van der Waals surface area (Å²) in [6.45, 7) is 2.26. The molecule has 0 bridgehead atoms. The zero-order valence-electron chi connectivity index (χ0n) is 20.7. The number of methoxy groups -OCH3 is 3. The molecule has 0 aliphatic heterocycles. The van der Waals surface area contributed by atoms with E-state index in [4.69, 9.17) is 14.2 Å². The predicted molar refractivity (Wildman–Crippen MR) is 132 cm³/mol. The van der Waals surface area contributed by atoms with E-state index in [0.29, 0.717) is 23.7 Å². The van der Waals surface area contributed by atoms with E-state index in [0.717, 1.165) is 18.4 Å². The van der Waals surface area contributed by atoms with E-state index in [1.807, 2.05) is 0 Å². The number of ether oxygens (including phenoxy) is 3. The summed E-state index contributed by atoms with van der Waals surface area (Å²) in [5.41, 5.74) is 3.35. The molecule has 0 saturated carbocycles. The molecule has 1 aromatic rings. The third-order valence-corrected chi connectivity index (χ3v) is 5.60. The van der Waals surface area contributed by atoms with Gasteiger partial charge in [0.1, 0.15) is 0 Å². The maximum Gasteiger partial charge on any atom is 0.240 e. The van der Waals surface area contributed by atoms with Crippen LogP contribution in [0.2, 0.25) is 0 Å². The van der Waals surface area contributed by atoms with Crippen molar-refractivity contribution in [2.24, 2.45) is 5.10 Å². The summed E-state index contributed by atoms with van der Waals surface area (Å²) >= 11 is 0. The quantitative estimate of drug-likeness (QED) is 0.146. The predicted octanol–water partition coefficient (Wildman–Crippen LogP) is 6.64. The van der Waals surface area contributed by atoms with Crippen LogP contribution in [0.4, 0.5) is 0 Å². The Morgan fingerprint density at radius 3 is 1.69 bits per heavy atom. The smallest absolute Gasteiger partial charge is 0.240 e. The van der Waals surface area contributed by atoms with E-state index in [1.54, 1.807) is 39.7 Å². The van der Waals surface area contributed by atoms with E-state index >= 15 is 0 Å². The van der Waals surface area contributed by atoms with Crippen molar-refractivity contribution in [1.29, 1.82) is 0 Å². The summed E-state index contributed by atoms with van der Waals surface area (Å²) in [6, 6.07) is 3.56. The molecule has 182 valence electrons. The standard InChI is InChI=1S/C26H44N2O4/c1-5-6-7-8-9-10-11-12-13-14-15-16-17-18-25(29)28-27-21-22-19-23(30-2)26(32-4)24(20-22)31-3/h19-21H,5-18H2,1-4H3,(H,28,29)/b27-21+. The fraction of sp³-hybridized carbons (Fsp3) is 0.692. The minimum atomic E-state index is -0.0586. The number of hydrazone groups is 1. The topological polar surface area (TPSA) is 69.2 Å². The van der Waals surface area contributed by atoms with Crippen LogP contribution in [-0.4, -0.2) is 33.5 Å². The van der Waals surface area contributed by atoms with Crippen LogP contribution in [0.25, 0.3) is 0 Å². The second-order valence-electron chi connectivity index (χ2n) is 8.24. The third-order valence-electron chi connectivity index (χ3n) is 5.60. The molecule has 0 atom stereocenters. The van der Waals surface area contributed by atoms with Crippen LogP contribution in [0.1, 0.15) is 102 Å². The number of benzene rings is 1. The highest BCUT2D eigenvalue weighted by molar-refractivity contribution is 5.84. The molecule has 0 aliphatic carbocycles. The lowest BCUT2D eigenvalue weighted by Crippen LogP contribution is -2.16. The van der Waals surface area contributed by atoms with E-state index in [-0.39, 0.29) is 5.91 Å². The van der Waals surface area contributed by atoms with Gasteiger partial charge in [-0.15, -0.1) is 0 Å². The molecule has 0 radical (unpaired) electrons. The van der Waals surface area contributed by atoms with Crippen LogP contribution in [0.15, 0.2) is 17.2 Å². The highest BCUT2D eigenvalue weighted by Crippen LogP contribution is 2.37. The average molecular weight is 449 g/mol. The monoisotopic (exact) mass is 448 g/mol. The summed E-state index contributed by atoms with van der Waals surface area (Å²) in [5, 5.41) is 4.05. The molecule has 0 fully saturated rings. The zero-order valence-corrected chi connectivity index (χ0v) is 20.7. The van der Waals surface area contributed by atoms with Gasteiger partial charge in [-0.05, 0) is 18.6 Å². The fourth-order valence-electron chi connectivity index (χ4n) is 3.71. The Morgan fingerprint density at radius 2 is 1.25 bits per heavy atom. The number of carbonyl (C=O) groups is 1. The molecular weight excluding hydrogens is 404 g/mol. The fourth-order valence-corrected chi connectivity index (χ4v) is 3.71. The first-order valence-corrected chi connectivity index (χ1v) is 12.3. The summed E-state index contributed by atoms with van der Waals surface area (Å²) in [5.74, 6) is 1.56. The van der Waals surface area contributed by atoms with Crippen molar-refractivity contribution in [3.05, 3.63) is 17.7 Å². The minimum absolute atomic E-state index is 0.0586. The molecule has 1 amide bonds. The first kappa shape index (κ1) is 27.8. The number of rotatable bonds is 19. The van der Waals surface area contributed by atoms with Crippen molar-refractivity contribution < 1.29 is 19.0 Å². The average Bonchev–Trinajstić information content (AvgIpc) is 2.81. The number of unbranched alkanes of at least 4 members (excludes halogenated alkanes) is 12. The van der Waals surface area contributed by atoms with Gasteiger partial charge in [0.05, 0.1) is 27.5 Å². The molecule has 0 saturated heterocycles. The van der Waals surface area contributed by atoms with E-state index in [1.165, 1.54) is 70.6 Å². The van der Waals surface area contributed by atoms with Gasteiger partial charge >= 0.3 is 0 Å². The van der Waals surface area contributed by atoms with Crippen LogP contribution in [0.3, 0.4) is 0 Å². The molecule has 1 rings (SSSR count). The SMILES string of the molecule is CCCCCCCCCCCCCCCC(=O)N/N=C/c1cc(OC)c(OC)c(OC)c1. The molecule has 0 aliphatic rings. The number of amides is 1. The lowest BCUT2D eigenvalue weighted by Gasteiger charge is -2.12. The minimum Gasteiger partial charge on any atom is -0.493 e. The normalized spacial score (nSPS) is 11.0. The van der Waals surface area contributed by atoms with Crippen molar-refractivity contribution in [1.82, 2.24) is 5.43 Å². The van der Waals surface area contributed by atoms with Gasteiger partial charge in [0.25, 0.3) is 0 Å². The summed E-state index contributed by atoms with van der Waals surface area (Å²) < 4.78 is 16.0. The van der Waals surface area contributed by atoms with Gasteiger partial charge in [0.15, 0.2) is 11.5 Å². The molecule has 32 heavy (non-hydrogen) atoms. The van der Waals surface area contributed by atoms with Crippen LogP contribution in [-0.2, 0) is 4.79 Å². The lowest BCUT2D eigenvalue weighted by atomic mass is 10.0. The van der Waals surface area contributed by atoms with Crippen LogP contribution in [0, 0.1) is 0 Å². The number of nitrogens with one attached hydrogen (secondary N) is 1.